The number of fused-ring (bicyclic) bond motifs is 1. The molecule has 0 amide bonds. The van der Waals surface area contributed by atoms with Crippen LogP contribution >= 0.6 is 11.3 Å². The van der Waals surface area contributed by atoms with Crippen LogP contribution in [0.25, 0.3) is 0 Å². The lowest BCUT2D eigenvalue weighted by molar-refractivity contribution is 0.413. The van der Waals surface area contributed by atoms with E-state index >= 15 is 0 Å². The Morgan fingerprint density at radius 1 is 1.50 bits per heavy atom. The van der Waals surface area contributed by atoms with Gasteiger partial charge in [-0.2, -0.15) is 0 Å². The fraction of sp³-hybridized carbons (Fsp3) is 0.750. The summed E-state index contributed by atoms with van der Waals surface area (Å²) in [6, 6.07) is 0. The lowest BCUT2D eigenvalue weighted by Gasteiger charge is -2.18. The first kappa shape index (κ1) is 12.0. The maximum absolute atomic E-state index is 5.81. The highest BCUT2D eigenvalue weighted by Gasteiger charge is 2.23. The Morgan fingerprint density at radius 2 is 2.31 bits per heavy atom. The van der Waals surface area contributed by atoms with E-state index in [0.717, 1.165) is 19.5 Å². The smallest absolute Gasteiger partial charge is 0.0944 e. The largest absolute Gasteiger partial charge is 0.330 e. The molecule has 0 saturated heterocycles. The van der Waals surface area contributed by atoms with Gasteiger partial charge in [-0.25, -0.2) is 4.98 Å². The molecule has 1 aromatic heterocycles. The van der Waals surface area contributed by atoms with Crippen LogP contribution in [0.5, 0.6) is 0 Å². The molecule has 16 heavy (non-hydrogen) atoms. The van der Waals surface area contributed by atoms with Crippen molar-refractivity contribution in [1.82, 2.24) is 9.88 Å². The number of hydrogen-bond acceptors (Lipinski definition) is 4. The molecule has 2 N–H and O–H groups in total. The molecule has 1 heterocycles. The van der Waals surface area contributed by atoms with E-state index in [1.54, 1.807) is 0 Å². The molecule has 0 aromatic carbocycles. The van der Waals surface area contributed by atoms with Gasteiger partial charge in [-0.1, -0.05) is 0 Å². The molecule has 90 valence electrons. The predicted molar refractivity (Wildman–Crippen MR) is 69.1 cm³/mol. The van der Waals surface area contributed by atoms with Crippen LogP contribution in [0.2, 0.25) is 0 Å². The van der Waals surface area contributed by atoms with Gasteiger partial charge >= 0.3 is 0 Å². The normalized spacial score (nSPS) is 20.1. The van der Waals surface area contributed by atoms with Gasteiger partial charge in [0.1, 0.15) is 0 Å². The number of rotatable bonds is 4. The molecule has 0 spiro atoms. The Hall–Kier alpha value is -0.450. The minimum absolute atomic E-state index is 0.521. The molecule has 1 aliphatic rings. The van der Waals surface area contributed by atoms with Crippen molar-refractivity contribution >= 4 is 11.3 Å². The summed E-state index contributed by atoms with van der Waals surface area (Å²) >= 11 is 1.90. The molecular formula is C12H21N3S. The molecule has 1 aliphatic carbocycles. The topological polar surface area (TPSA) is 42.2 Å². The fourth-order valence-corrected chi connectivity index (χ4v) is 3.40. The van der Waals surface area contributed by atoms with Crippen LogP contribution in [0, 0.1) is 0 Å². The predicted octanol–water partition coefficient (Wildman–Crippen LogP) is 1.63. The molecule has 0 bridgehead atoms. The second-order valence-electron chi connectivity index (χ2n) is 4.79. The molecule has 2 rings (SSSR count). The van der Waals surface area contributed by atoms with E-state index in [1.807, 2.05) is 11.3 Å². The molecule has 0 aliphatic heterocycles. The van der Waals surface area contributed by atoms with Gasteiger partial charge in [-0.05, 0) is 33.4 Å². The second kappa shape index (κ2) is 5.25. The van der Waals surface area contributed by atoms with Crippen LogP contribution in [-0.4, -0.2) is 37.1 Å². The summed E-state index contributed by atoms with van der Waals surface area (Å²) in [7, 11) is 4.21. The third-order valence-corrected chi connectivity index (χ3v) is 4.36. The van der Waals surface area contributed by atoms with Crippen LogP contribution < -0.4 is 5.73 Å². The number of nitrogens with two attached hydrogens (primary N) is 1. The lowest BCUT2D eigenvalue weighted by atomic mass is 9.91. The van der Waals surface area contributed by atoms with E-state index in [-0.39, 0.29) is 0 Å². The summed E-state index contributed by atoms with van der Waals surface area (Å²) in [6.07, 6.45) is 4.79. The van der Waals surface area contributed by atoms with Crippen LogP contribution in [0.1, 0.15) is 34.3 Å². The van der Waals surface area contributed by atoms with Crippen molar-refractivity contribution in [2.75, 3.05) is 27.2 Å². The van der Waals surface area contributed by atoms with E-state index < -0.39 is 0 Å². The van der Waals surface area contributed by atoms with Crippen LogP contribution in [0.3, 0.4) is 0 Å². The average Bonchev–Trinajstić information content (AvgIpc) is 2.68. The Labute approximate surface area is 102 Å². The van der Waals surface area contributed by atoms with Gasteiger partial charge in [0, 0.05) is 30.3 Å². The van der Waals surface area contributed by atoms with Gasteiger partial charge in [-0.15, -0.1) is 11.3 Å². The highest BCUT2D eigenvalue weighted by Crippen LogP contribution is 2.34. The van der Waals surface area contributed by atoms with E-state index in [4.69, 9.17) is 10.7 Å². The van der Waals surface area contributed by atoms with Crippen molar-refractivity contribution < 1.29 is 0 Å². The van der Waals surface area contributed by atoms with Crippen molar-refractivity contribution in [3.05, 3.63) is 15.6 Å². The molecule has 0 fully saturated rings. The first-order valence-electron chi connectivity index (χ1n) is 6.04. The summed E-state index contributed by atoms with van der Waals surface area (Å²) in [5.41, 5.74) is 7.12. The van der Waals surface area contributed by atoms with E-state index in [9.17, 15) is 0 Å². The van der Waals surface area contributed by atoms with Gasteiger partial charge in [0.15, 0.2) is 0 Å². The summed E-state index contributed by atoms with van der Waals surface area (Å²) < 4.78 is 0. The summed E-state index contributed by atoms with van der Waals surface area (Å²) in [5.74, 6) is 0.521. The first-order valence-corrected chi connectivity index (χ1v) is 6.85. The fourth-order valence-electron chi connectivity index (χ4n) is 2.21. The summed E-state index contributed by atoms with van der Waals surface area (Å²) in [4.78, 5) is 8.49. The minimum atomic E-state index is 0.521. The van der Waals surface area contributed by atoms with E-state index in [2.05, 4.69) is 19.0 Å². The highest BCUT2D eigenvalue weighted by atomic mass is 32.1. The molecular weight excluding hydrogens is 218 g/mol. The number of likely N-dealkylation sites (N-methyl/N-ethyl adjacent to an activating group) is 1. The zero-order chi connectivity index (χ0) is 11.5. The van der Waals surface area contributed by atoms with Crippen molar-refractivity contribution in [3.8, 4) is 0 Å². The van der Waals surface area contributed by atoms with Crippen molar-refractivity contribution in [2.24, 2.45) is 5.73 Å². The van der Waals surface area contributed by atoms with Crippen molar-refractivity contribution in [3.63, 3.8) is 0 Å². The molecule has 1 atom stereocenters. The zero-order valence-electron chi connectivity index (χ0n) is 10.2. The lowest BCUT2D eigenvalue weighted by Crippen LogP contribution is -2.18. The Morgan fingerprint density at radius 3 is 3.00 bits per heavy atom. The molecule has 1 unspecified atom stereocenters. The standard InChI is InChI=1S/C12H21N3S/c1-15(2)7-6-11-14-12-9(8-13)4-3-5-10(12)16-11/h9H,3-8,13H2,1-2H3. The summed E-state index contributed by atoms with van der Waals surface area (Å²) in [6.45, 7) is 1.84. The van der Waals surface area contributed by atoms with Gasteiger partial charge in [0.2, 0.25) is 0 Å². The molecule has 3 nitrogen and oxygen atoms in total. The monoisotopic (exact) mass is 239 g/mol. The highest BCUT2D eigenvalue weighted by molar-refractivity contribution is 7.11. The van der Waals surface area contributed by atoms with Crippen LogP contribution in [0.15, 0.2) is 0 Å². The SMILES string of the molecule is CN(C)CCc1nc2c(s1)CCCC2CN. The van der Waals surface area contributed by atoms with Gasteiger partial charge in [0.05, 0.1) is 10.7 Å². The second-order valence-corrected chi connectivity index (χ2v) is 5.96. The number of aryl methyl sites for hydroxylation is 1. The Bertz CT molecular complexity index is 346. The molecule has 1 aromatic rings. The van der Waals surface area contributed by atoms with Crippen molar-refractivity contribution in [2.45, 2.75) is 31.6 Å². The van der Waals surface area contributed by atoms with E-state index in [0.29, 0.717) is 5.92 Å². The number of hydrogen-bond donors (Lipinski definition) is 1. The van der Waals surface area contributed by atoms with E-state index in [1.165, 1.54) is 34.8 Å². The number of aromatic nitrogens is 1. The quantitative estimate of drug-likeness (QED) is 0.868. The molecule has 4 heteroatoms. The number of nitrogens with zero attached hydrogens (tertiary/aromatic N) is 2. The van der Waals surface area contributed by atoms with Crippen LogP contribution in [0.4, 0.5) is 0 Å². The zero-order valence-corrected chi connectivity index (χ0v) is 11.0. The molecule has 0 radical (unpaired) electrons. The Kier molecular flexibility index (Phi) is 3.95. The van der Waals surface area contributed by atoms with Crippen LogP contribution in [-0.2, 0) is 12.8 Å². The molecule has 0 saturated carbocycles. The maximum atomic E-state index is 5.81. The first-order chi connectivity index (χ1) is 7.70. The van der Waals surface area contributed by atoms with Crippen molar-refractivity contribution in [1.29, 1.82) is 0 Å². The van der Waals surface area contributed by atoms with Gasteiger partial charge in [-0.3, -0.25) is 0 Å². The third-order valence-electron chi connectivity index (χ3n) is 3.17. The van der Waals surface area contributed by atoms with Gasteiger partial charge in [0.25, 0.3) is 0 Å². The average molecular weight is 239 g/mol. The minimum Gasteiger partial charge on any atom is -0.330 e. The van der Waals surface area contributed by atoms with Gasteiger partial charge < -0.3 is 10.6 Å². The number of thiazole rings is 1. The Balaban J connectivity index is 2.09. The summed E-state index contributed by atoms with van der Waals surface area (Å²) in [5, 5.41) is 1.29. The maximum Gasteiger partial charge on any atom is 0.0944 e. The third kappa shape index (κ3) is 2.62.